The Kier molecular flexibility index (Phi) is 4.01. The largest absolute Gasteiger partial charge is 0.480 e. The van der Waals surface area contributed by atoms with Gasteiger partial charge in [0.15, 0.2) is 0 Å². The number of amides is 1. The highest BCUT2D eigenvalue weighted by Crippen LogP contribution is 2.27. The lowest BCUT2D eigenvalue weighted by Gasteiger charge is -2.47. The fourth-order valence-electron chi connectivity index (χ4n) is 2.14. The Labute approximate surface area is 122 Å². The summed E-state index contributed by atoms with van der Waals surface area (Å²) in [5, 5.41) is 9.14. The summed E-state index contributed by atoms with van der Waals surface area (Å²) in [7, 11) is 0. The molecule has 1 N–H and O–H groups in total. The van der Waals surface area contributed by atoms with Crippen molar-refractivity contribution in [3.8, 4) is 0 Å². The Hall–Kier alpha value is -1.59. The molecule has 0 radical (unpaired) electrons. The SMILES string of the molecule is Cc1ccc(C(=O)N2CC(C)(OCC(=O)O)C2)cc1Cl. The van der Waals surface area contributed by atoms with Gasteiger partial charge in [-0.1, -0.05) is 17.7 Å². The third-order valence-electron chi connectivity index (χ3n) is 3.30. The van der Waals surface area contributed by atoms with Crippen molar-refractivity contribution < 1.29 is 19.4 Å². The second kappa shape index (κ2) is 5.42. The highest BCUT2D eigenvalue weighted by molar-refractivity contribution is 6.31. The van der Waals surface area contributed by atoms with E-state index >= 15 is 0 Å². The maximum absolute atomic E-state index is 12.2. The molecule has 1 aromatic rings. The zero-order valence-electron chi connectivity index (χ0n) is 11.4. The molecule has 0 bridgehead atoms. The lowest BCUT2D eigenvalue weighted by atomic mass is 9.95. The first-order valence-electron chi connectivity index (χ1n) is 6.22. The van der Waals surface area contributed by atoms with Crippen molar-refractivity contribution in [2.75, 3.05) is 19.7 Å². The summed E-state index contributed by atoms with van der Waals surface area (Å²) in [5.41, 5.74) is 0.866. The van der Waals surface area contributed by atoms with Crippen LogP contribution in [-0.4, -0.2) is 47.2 Å². The number of hydrogen-bond donors (Lipinski definition) is 1. The van der Waals surface area contributed by atoms with Gasteiger partial charge in [-0.15, -0.1) is 0 Å². The number of aliphatic carboxylic acids is 1. The molecule has 1 amide bonds. The van der Waals surface area contributed by atoms with Crippen LogP contribution < -0.4 is 0 Å². The quantitative estimate of drug-likeness (QED) is 0.922. The second-order valence-corrected chi connectivity index (χ2v) is 5.66. The zero-order valence-corrected chi connectivity index (χ0v) is 12.1. The van der Waals surface area contributed by atoms with Crippen LogP contribution in [0, 0.1) is 6.92 Å². The van der Waals surface area contributed by atoms with Crippen LogP contribution >= 0.6 is 11.6 Å². The lowest BCUT2D eigenvalue weighted by Crippen LogP contribution is -2.63. The summed E-state index contributed by atoms with van der Waals surface area (Å²) in [5.74, 6) is -1.13. The molecule has 1 saturated heterocycles. The topological polar surface area (TPSA) is 66.8 Å². The van der Waals surface area contributed by atoms with Gasteiger partial charge < -0.3 is 14.7 Å². The van der Waals surface area contributed by atoms with Crippen molar-refractivity contribution in [1.82, 2.24) is 4.90 Å². The van der Waals surface area contributed by atoms with E-state index in [2.05, 4.69) is 0 Å². The van der Waals surface area contributed by atoms with Crippen LogP contribution in [0.2, 0.25) is 5.02 Å². The molecule has 108 valence electrons. The predicted octanol–water partition coefficient (Wildman–Crippen LogP) is 1.96. The molecular weight excluding hydrogens is 282 g/mol. The molecule has 5 nitrogen and oxygen atoms in total. The van der Waals surface area contributed by atoms with Crippen LogP contribution in [-0.2, 0) is 9.53 Å². The fourth-order valence-corrected chi connectivity index (χ4v) is 2.32. The van der Waals surface area contributed by atoms with Gasteiger partial charge in [0.25, 0.3) is 5.91 Å². The monoisotopic (exact) mass is 297 g/mol. The predicted molar refractivity (Wildman–Crippen MR) is 74.1 cm³/mol. The van der Waals surface area contributed by atoms with Gasteiger partial charge in [-0.05, 0) is 31.5 Å². The first-order valence-corrected chi connectivity index (χ1v) is 6.60. The Bertz CT molecular complexity index is 552. The van der Waals surface area contributed by atoms with E-state index in [0.717, 1.165) is 5.56 Å². The second-order valence-electron chi connectivity index (χ2n) is 5.26. The van der Waals surface area contributed by atoms with Crippen molar-refractivity contribution in [3.05, 3.63) is 34.3 Å². The van der Waals surface area contributed by atoms with E-state index < -0.39 is 11.6 Å². The minimum Gasteiger partial charge on any atom is -0.480 e. The van der Waals surface area contributed by atoms with Crippen LogP contribution in [0.15, 0.2) is 18.2 Å². The zero-order chi connectivity index (χ0) is 14.9. The molecule has 20 heavy (non-hydrogen) atoms. The standard InChI is InChI=1S/C14H16ClNO4/c1-9-3-4-10(5-11(9)15)13(19)16-7-14(2,8-16)20-6-12(17)18/h3-5H,6-8H2,1-2H3,(H,17,18). The first-order chi connectivity index (χ1) is 9.31. The van der Waals surface area contributed by atoms with Crippen molar-refractivity contribution in [2.45, 2.75) is 19.4 Å². The lowest BCUT2D eigenvalue weighted by molar-refractivity contribution is -0.159. The molecule has 1 fully saturated rings. The van der Waals surface area contributed by atoms with E-state index in [1.807, 2.05) is 6.92 Å². The molecule has 2 rings (SSSR count). The molecular formula is C14H16ClNO4. The molecule has 1 heterocycles. The third-order valence-corrected chi connectivity index (χ3v) is 3.71. The number of rotatable bonds is 4. The van der Waals surface area contributed by atoms with E-state index in [4.69, 9.17) is 21.4 Å². The number of aryl methyl sites for hydroxylation is 1. The average Bonchev–Trinajstić information content (AvgIpc) is 2.35. The number of benzene rings is 1. The normalized spacial score (nSPS) is 16.6. The molecule has 1 aliphatic rings. The summed E-state index contributed by atoms with van der Waals surface area (Å²) < 4.78 is 5.27. The van der Waals surface area contributed by atoms with Crippen molar-refractivity contribution in [3.63, 3.8) is 0 Å². The molecule has 0 atom stereocenters. The molecule has 0 aliphatic carbocycles. The van der Waals surface area contributed by atoms with Gasteiger partial charge in [0.2, 0.25) is 0 Å². The van der Waals surface area contributed by atoms with Gasteiger partial charge >= 0.3 is 5.97 Å². The third kappa shape index (κ3) is 3.11. The van der Waals surface area contributed by atoms with E-state index in [-0.39, 0.29) is 12.5 Å². The summed E-state index contributed by atoms with van der Waals surface area (Å²) in [4.78, 5) is 24.3. The Morgan fingerprint density at radius 2 is 2.10 bits per heavy atom. The average molecular weight is 298 g/mol. The molecule has 0 unspecified atom stereocenters. The Balaban J connectivity index is 1.96. The van der Waals surface area contributed by atoms with Gasteiger partial charge in [-0.3, -0.25) is 4.79 Å². The molecule has 0 spiro atoms. The minimum absolute atomic E-state index is 0.122. The smallest absolute Gasteiger partial charge is 0.329 e. The number of nitrogens with zero attached hydrogens (tertiary/aromatic N) is 1. The van der Waals surface area contributed by atoms with Crippen LogP contribution in [0.5, 0.6) is 0 Å². The van der Waals surface area contributed by atoms with Crippen molar-refractivity contribution >= 4 is 23.5 Å². The van der Waals surface area contributed by atoms with E-state index in [0.29, 0.717) is 23.7 Å². The number of likely N-dealkylation sites (tertiary alicyclic amines) is 1. The van der Waals surface area contributed by atoms with Crippen LogP contribution in [0.4, 0.5) is 0 Å². The highest BCUT2D eigenvalue weighted by Gasteiger charge is 2.42. The molecule has 6 heteroatoms. The number of carbonyl (C=O) groups excluding carboxylic acids is 1. The summed E-state index contributed by atoms with van der Waals surface area (Å²) in [6.45, 7) is 4.07. The molecule has 0 aromatic heterocycles. The minimum atomic E-state index is -1.01. The maximum atomic E-state index is 12.2. The first kappa shape index (κ1) is 14.8. The van der Waals surface area contributed by atoms with Gasteiger partial charge in [0.1, 0.15) is 12.2 Å². The number of carboxylic acid groups (broad SMARTS) is 1. The van der Waals surface area contributed by atoms with Gasteiger partial charge in [0, 0.05) is 10.6 Å². The number of carbonyl (C=O) groups is 2. The van der Waals surface area contributed by atoms with Crippen molar-refractivity contribution in [2.24, 2.45) is 0 Å². The van der Waals surface area contributed by atoms with Crippen LogP contribution in [0.3, 0.4) is 0 Å². The number of halogens is 1. The summed E-state index contributed by atoms with van der Waals surface area (Å²) >= 11 is 6.00. The number of ether oxygens (including phenoxy) is 1. The Morgan fingerprint density at radius 3 is 2.65 bits per heavy atom. The van der Waals surface area contributed by atoms with E-state index in [9.17, 15) is 9.59 Å². The van der Waals surface area contributed by atoms with Crippen molar-refractivity contribution in [1.29, 1.82) is 0 Å². The number of hydrogen-bond acceptors (Lipinski definition) is 3. The van der Waals surface area contributed by atoms with Crippen LogP contribution in [0.25, 0.3) is 0 Å². The van der Waals surface area contributed by atoms with Crippen LogP contribution in [0.1, 0.15) is 22.8 Å². The van der Waals surface area contributed by atoms with Gasteiger partial charge in [-0.2, -0.15) is 0 Å². The fraction of sp³-hybridized carbons (Fsp3) is 0.429. The molecule has 0 saturated carbocycles. The summed E-state index contributed by atoms with van der Waals surface area (Å²) in [6.07, 6.45) is 0. The van der Waals surface area contributed by atoms with E-state index in [1.54, 1.807) is 30.0 Å². The van der Waals surface area contributed by atoms with Gasteiger partial charge in [-0.25, -0.2) is 4.79 Å². The highest BCUT2D eigenvalue weighted by atomic mass is 35.5. The summed E-state index contributed by atoms with van der Waals surface area (Å²) in [6, 6.07) is 5.18. The molecule has 1 aliphatic heterocycles. The molecule has 1 aromatic carbocycles. The maximum Gasteiger partial charge on any atom is 0.329 e. The number of carboxylic acids is 1. The Morgan fingerprint density at radius 1 is 1.45 bits per heavy atom. The van der Waals surface area contributed by atoms with E-state index in [1.165, 1.54) is 0 Å². The van der Waals surface area contributed by atoms with Gasteiger partial charge in [0.05, 0.1) is 13.1 Å².